The summed E-state index contributed by atoms with van der Waals surface area (Å²) >= 11 is 12.5. The number of anilines is 1. The van der Waals surface area contributed by atoms with Gasteiger partial charge in [-0.15, -0.1) is 0 Å². The van der Waals surface area contributed by atoms with Crippen molar-refractivity contribution < 1.29 is 4.79 Å². The quantitative estimate of drug-likeness (QED) is 0.822. The lowest BCUT2D eigenvalue weighted by Gasteiger charge is -2.19. The van der Waals surface area contributed by atoms with Gasteiger partial charge in [0.25, 0.3) is 0 Å². The predicted octanol–water partition coefficient (Wildman–Crippen LogP) is 5.07. The van der Waals surface area contributed by atoms with Crippen LogP contribution < -0.4 is 5.32 Å². The lowest BCUT2D eigenvalue weighted by Crippen LogP contribution is -2.25. The van der Waals surface area contributed by atoms with Gasteiger partial charge in [0.05, 0.1) is 6.54 Å². The van der Waals surface area contributed by atoms with Crippen molar-refractivity contribution in [2.24, 2.45) is 5.92 Å². The van der Waals surface area contributed by atoms with Crippen molar-refractivity contribution in [3.8, 4) is 0 Å². The van der Waals surface area contributed by atoms with E-state index >= 15 is 0 Å². The molecule has 0 saturated heterocycles. The Kier molecular flexibility index (Phi) is 5.47. The molecule has 1 aliphatic carbocycles. The van der Waals surface area contributed by atoms with E-state index in [0.29, 0.717) is 22.4 Å². The van der Waals surface area contributed by atoms with Gasteiger partial charge >= 0.3 is 0 Å². The summed E-state index contributed by atoms with van der Waals surface area (Å²) in [6.45, 7) is 2.43. The molecule has 2 aromatic rings. The van der Waals surface area contributed by atoms with Gasteiger partial charge < -0.3 is 5.32 Å². The number of hydrogen-bond donors (Lipinski definition) is 1. The monoisotopic (exact) mass is 365 g/mol. The number of rotatable bonds is 4. The molecule has 0 unspecified atom stereocenters. The second-order valence-corrected chi connectivity index (χ2v) is 7.17. The van der Waals surface area contributed by atoms with Gasteiger partial charge in [0.1, 0.15) is 0 Å². The number of carbonyl (C=O) groups excluding carboxylic acids is 1. The van der Waals surface area contributed by atoms with Crippen molar-refractivity contribution in [3.05, 3.63) is 45.6 Å². The average molecular weight is 366 g/mol. The van der Waals surface area contributed by atoms with E-state index in [0.717, 1.165) is 36.9 Å². The average Bonchev–Trinajstić information content (AvgIpc) is 2.91. The molecule has 1 aromatic carbocycles. The smallest absolute Gasteiger partial charge is 0.228 e. The number of aromatic nitrogens is 2. The molecule has 0 aliphatic heterocycles. The molecule has 1 saturated carbocycles. The van der Waals surface area contributed by atoms with Crippen LogP contribution in [0.4, 0.5) is 5.82 Å². The first-order valence-electron chi connectivity index (χ1n) is 8.33. The fourth-order valence-corrected chi connectivity index (χ4v) is 3.67. The standard InChI is InChI=1S/C18H21Cl2N3O/c1-12-10-17(21-18(24)13-6-3-2-4-7-13)22-23(12)11-14-15(19)8-5-9-16(14)20/h5,8-10,13H,2-4,6-7,11H2,1H3,(H,21,22,24). The molecular formula is C18H21Cl2N3O. The molecule has 1 amide bonds. The normalized spacial score (nSPS) is 15.5. The Labute approximate surface area is 152 Å². The summed E-state index contributed by atoms with van der Waals surface area (Å²) in [5.41, 5.74) is 1.78. The molecule has 6 heteroatoms. The van der Waals surface area contributed by atoms with Crippen LogP contribution in [0.5, 0.6) is 0 Å². The van der Waals surface area contributed by atoms with E-state index in [1.165, 1.54) is 6.42 Å². The number of nitrogens with one attached hydrogen (secondary N) is 1. The van der Waals surface area contributed by atoms with Crippen molar-refractivity contribution in [2.75, 3.05) is 5.32 Å². The Morgan fingerprint density at radius 2 is 1.92 bits per heavy atom. The molecule has 1 fully saturated rings. The number of carbonyl (C=O) groups is 1. The van der Waals surface area contributed by atoms with Gasteiger partial charge in [0.15, 0.2) is 5.82 Å². The highest BCUT2D eigenvalue weighted by atomic mass is 35.5. The zero-order valence-corrected chi connectivity index (χ0v) is 15.2. The fraction of sp³-hybridized carbons (Fsp3) is 0.444. The Morgan fingerprint density at radius 3 is 2.58 bits per heavy atom. The van der Waals surface area contributed by atoms with Crippen LogP contribution in [0, 0.1) is 12.8 Å². The lowest BCUT2D eigenvalue weighted by molar-refractivity contribution is -0.120. The Morgan fingerprint density at radius 1 is 1.25 bits per heavy atom. The van der Waals surface area contributed by atoms with E-state index in [2.05, 4.69) is 10.4 Å². The maximum Gasteiger partial charge on any atom is 0.228 e. The number of benzene rings is 1. The summed E-state index contributed by atoms with van der Waals surface area (Å²) in [6, 6.07) is 7.33. The van der Waals surface area contributed by atoms with E-state index in [1.807, 2.05) is 35.9 Å². The van der Waals surface area contributed by atoms with Crippen molar-refractivity contribution in [1.82, 2.24) is 9.78 Å². The molecule has 0 atom stereocenters. The maximum absolute atomic E-state index is 12.4. The van der Waals surface area contributed by atoms with Gasteiger partial charge in [-0.25, -0.2) is 0 Å². The molecule has 24 heavy (non-hydrogen) atoms. The summed E-state index contributed by atoms with van der Waals surface area (Å²) in [7, 11) is 0. The summed E-state index contributed by atoms with van der Waals surface area (Å²) in [4.78, 5) is 12.4. The second-order valence-electron chi connectivity index (χ2n) is 6.35. The lowest BCUT2D eigenvalue weighted by atomic mass is 9.89. The SMILES string of the molecule is Cc1cc(NC(=O)C2CCCCC2)nn1Cc1c(Cl)cccc1Cl. The van der Waals surface area contributed by atoms with Gasteiger partial charge in [0.2, 0.25) is 5.91 Å². The first-order valence-corrected chi connectivity index (χ1v) is 9.08. The van der Waals surface area contributed by atoms with Gasteiger partial charge in [-0.1, -0.05) is 48.5 Å². The minimum Gasteiger partial charge on any atom is -0.309 e. The van der Waals surface area contributed by atoms with Crippen LogP contribution in [0.3, 0.4) is 0 Å². The van der Waals surface area contributed by atoms with E-state index in [9.17, 15) is 4.79 Å². The third-order valence-electron chi connectivity index (χ3n) is 4.58. The third kappa shape index (κ3) is 3.93. The van der Waals surface area contributed by atoms with E-state index in [1.54, 1.807) is 0 Å². The zero-order valence-electron chi connectivity index (χ0n) is 13.7. The molecule has 1 aromatic heterocycles. The summed E-state index contributed by atoms with van der Waals surface area (Å²) < 4.78 is 1.81. The Balaban J connectivity index is 1.72. The second kappa shape index (κ2) is 7.58. The largest absolute Gasteiger partial charge is 0.309 e. The van der Waals surface area contributed by atoms with E-state index in [-0.39, 0.29) is 11.8 Å². The van der Waals surface area contributed by atoms with Gasteiger partial charge in [-0.05, 0) is 31.9 Å². The van der Waals surface area contributed by atoms with Gasteiger partial charge in [-0.2, -0.15) is 5.10 Å². The van der Waals surface area contributed by atoms with E-state index < -0.39 is 0 Å². The summed E-state index contributed by atoms with van der Waals surface area (Å²) in [5.74, 6) is 0.781. The van der Waals surface area contributed by atoms with Crippen LogP contribution in [0.2, 0.25) is 10.0 Å². The fourth-order valence-electron chi connectivity index (χ4n) is 3.16. The Bertz CT molecular complexity index is 716. The molecule has 1 heterocycles. The van der Waals surface area contributed by atoms with Crippen molar-refractivity contribution in [1.29, 1.82) is 0 Å². The highest BCUT2D eigenvalue weighted by molar-refractivity contribution is 6.35. The highest BCUT2D eigenvalue weighted by Gasteiger charge is 2.22. The zero-order chi connectivity index (χ0) is 17.1. The molecule has 1 aliphatic rings. The number of hydrogen-bond acceptors (Lipinski definition) is 2. The van der Waals surface area contributed by atoms with Crippen LogP contribution in [-0.2, 0) is 11.3 Å². The van der Waals surface area contributed by atoms with Gasteiger partial charge in [0, 0.05) is 33.3 Å². The molecule has 3 rings (SSSR count). The van der Waals surface area contributed by atoms with Crippen LogP contribution >= 0.6 is 23.2 Å². The van der Waals surface area contributed by atoms with Crippen LogP contribution in [0.15, 0.2) is 24.3 Å². The summed E-state index contributed by atoms with van der Waals surface area (Å²) in [6.07, 6.45) is 5.45. The number of halogens is 2. The molecular weight excluding hydrogens is 345 g/mol. The van der Waals surface area contributed by atoms with Crippen LogP contribution in [-0.4, -0.2) is 15.7 Å². The molecule has 0 spiro atoms. The number of aryl methyl sites for hydroxylation is 1. The van der Waals surface area contributed by atoms with E-state index in [4.69, 9.17) is 23.2 Å². The van der Waals surface area contributed by atoms with Crippen molar-refractivity contribution >= 4 is 34.9 Å². The highest BCUT2D eigenvalue weighted by Crippen LogP contribution is 2.27. The molecule has 1 N–H and O–H groups in total. The minimum atomic E-state index is 0.0788. The topological polar surface area (TPSA) is 46.9 Å². The van der Waals surface area contributed by atoms with Crippen molar-refractivity contribution in [3.63, 3.8) is 0 Å². The number of amides is 1. The molecule has 128 valence electrons. The summed E-state index contributed by atoms with van der Waals surface area (Å²) in [5, 5.41) is 8.67. The van der Waals surface area contributed by atoms with Gasteiger partial charge in [-0.3, -0.25) is 9.48 Å². The van der Waals surface area contributed by atoms with Crippen molar-refractivity contribution in [2.45, 2.75) is 45.6 Å². The third-order valence-corrected chi connectivity index (χ3v) is 5.29. The number of nitrogens with zero attached hydrogens (tertiary/aromatic N) is 2. The molecule has 4 nitrogen and oxygen atoms in total. The first kappa shape index (κ1) is 17.3. The maximum atomic E-state index is 12.4. The first-order chi connectivity index (χ1) is 11.5. The minimum absolute atomic E-state index is 0.0788. The molecule has 0 bridgehead atoms. The molecule has 0 radical (unpaired) electrons. The van der Waals surface area contributed by atoms with Crippen LogP contribution in [0.25, 0.3) is 0 Å². The van der Waals surface area contributed by atoms with Crippen LogP contribution in [0.1, 0.15) is 43.4 Å². The Hall–Kier alpha value is -1.52. The predicted molar refractivity (Wildman–Crippen MR) is 97.7 cm³/mol.